The van der Waals surface area contributed by atoms with Crippen LogP contribution in [-0.4, -0.2) is 29.9 Å². The van der Waals surface area contributed by atoms with Crippen LogP contribution in [0.5, 0.6) is 0 Å². The number of thioether (sulfide) groups is 1. The van der Waals surface area contributed by atoms with E-state index in [9.17, 15) is 4.79 Å². The van der Waals surface area contributed by atoms with E-state index in [-0.39, 0.29) is 24.0 Å². The first-order valence-corrected chi connectivity index (χ1v) is 8.27. The number of carbonyl (C=O) groups excluding carboxylic acids is 1. The van der Waals surface area contributed by atoms with Crippen molar-refractivity contribution >= 4 is 17.7 Å². The molecule has 2 N–H and O–H groups in total. The Kier molecular flexibility index (Phi) is 6.56. The summed E-state index contributed by atoms with van der Waals surface area (Å²) in [6.45, 7) is 6.27. The molecule has 1 amide bonds. The molecule has 1 aromatic carbocycles. The van der Waals surface area contributed by atoms with E-state index in [0.717, 1.165) is 5.75 Å². The van der Waals surface area contributed by atoms with Gasteiger partial charge >= 0.3 is 0 Å². The van der Waals surface area contributed by atoms with Gasteiger partial charge in [0.2, 0.25) is 0 Å². The van der Waals surface area contributed by atoms with Gasteiger partial charge < -0.3 is 10.4 Å². The molecule has 0 fully saturated rings. The quantitative estimate of drug-likeness (QED) is 0.848. The maximum atomic E-state index is 12.2. The topological polar surface area (TPSA) is 49.3 Å². The smallest absolute Gasteiger partial charge is 0.251 e. The largest absolute Gasteiger partial charge is 0.396 e. The SMILES string of the molecule is CSCc1ccc(C(=O)NC(CCO)C(C)(C)C)cc1. The van der Waals surface area contributed by atoms with Crippen molar-refractivity contribution in [1.29, 1.82) is 0 Å². The zero-order valence-corrected chi connectivity index (χ0v) is 13.6. The van der Waals surface area contributed by atoms with Crippen LogP contribution < -0.4 is 5.32 Å². The number of carbonyl (C=O) groups is 1. The van der Waals surface area contributed by atoms with Crippen LogP contribution in [-0.2, 0) is 5.75 Å². The van der Waals surface area contributed by atoms with Crippen LogP contribution in [0, 0.1) is 5.41 Å². The molecule has 3 nitrogen and oxygen atoms in total. The van der Waals surface area contributed by atoms with Gasteiger partial charge in [-0.1, -0.05) is 32.9 Å². The van der Waals surface area contributed by atoms with Gasteiger partial charge in [0.1, 0.15) is 0 Å². The first-order chi connectivity index (χ1) is 9.38. The molecule has 112 valence electrons. The molecule has 0 saturated heterocycles. The Morgan fingerprint density at radius 1 is 1.30 bits per heavy atom. The third-order valence-corrected chi connectivity index (χ3v) is 3.92. The standard InChI is InChI=1S/C16H25NO2S/c1-16(2,3)14(9-10-18)17-15(19)13-7-5-12(6-8-13)11-20-4/h5-8,14,18H,9-11H2,1-4H3,(H,17,19). The van der Waals surface area contributed by atoms with Gasteiger partial charge in [0.15, 0.2) is 0 Å². The number of hydrogen-bond donors (Lipinski definition) is 2. The summed E-state index contributed by atoms with van der Waals surface area (Å²) in [5, 5.41) is 12.1. The molecule has 20 heavy (non-hydrogen) atoms. The van der Waals surface area contributed by atoms with Crippen LogP contribution in [0.15, 0.2) is 24.3 Å². The number of aliphatic hydroxyl groups is 1. The maximum absolute atomic E-state index is 12.2. The van der Waals surface area contributed by atoms with Crippen molar-refractivity contribution in [2.24, 2.45) is 5.41 Å². The van der Waals surface area contributed by atoms with Crippen LogP contribution in [0.1, 0.15) is 43.1 Å². The van der Waals surface area contributed by atoms with E-state index >= 15 is 0 Å². The zero-order valence-electron chi connectivity index (χ0n) is 12.8. The van der Waals surface area contributed by atoms with Crippen LogP contribution in [0.4, 0.5) is 0 Å². The number of benzene rings is 1. The Labute approximate surface area is 126 Å². The molecule has 1 aromatic rings. The highest BCUT2D eigenvalue weighted by molar-refractivity contribution is 7.97. The molecule has 0 heterocycles. The van der Waals surface area contributed by atoms with Crippen molar-refractivity contribution in [3.05, 3.63) is 35.4 Å². The third kappa shape index (κ3) is 5.17. The summed E-state index contributed by atoms with van der Waals surface area (Å²) in [4.78, 5) is 12.2. The molecular weight excluding hydrogens is 270 g/mol. The lowest BCUT2D eigenvalue weighted by atomic mass is 9.84. The number of aliphatic hydroxyl groups excluding tert-OH is 1. The lowest BCUT2D eigenvalue weighted by molar-refractivity contribution is 0.0885. The van der Waals surface area contributed by atoms with Gasteiger partial charge in [-0.15, -0.1) is 0 Å². The Balaban J connectivity index is 2.73. The first kappa shape index (κ1) is 17.1. The minimum absolute atomic E-state index is 0.0362. The molecule has 0 aromatic heterocycles. The van der Waals surface area contributed by atoms with Crippen molar-refractivity contribution in [3.63, 3.8) is 0 Å². The molecule has 0 spiro atoms. The Hall–Kier alpha value is -1.00. The Morgan fingerprint density at radius 2 is 1.90 bits per heavy atom. The summed E-state index contributed by atoms with van der Waals surface area (Å²) in [5.41, 5.74) is 1.82. The highest BCUT2D eigenvalue weighted by Crippen LogP contribution is 2.22. The van der Waals surface area contributed by atoms with E-state index in [1.165, 1.54) is 5.56 Å². The van der Waals surface area contributed by atoms with E-state index < -0.39 is 0 Å². The van der Waals surface area contributed by atoms with Gasteiger partial charge in [0, 0.05) is 24.0 Å². The fourth-order valence-electron chi connectivity index (χ4n) is 2.01. The van der Waals surface area contributed by atoms with Crippen LogP contribution in [0.25, 0.3) is 0 Å². The number of nitrogens with one attached hydrogen (secondary N) is 1. The summed E-state index contributed by atoms with van der Waals surface area (Å²) < 4.78 is 0. The third-order valence-electron chi connectivity index (χ3n) is 3.30. The molecule has 0 radical (unpaired) electrons. The van der Waals surface area contributed by atoms with E-state index in [4.69, 9.17) is 5.11 Å². The second-order valence-corrected chi connectivity index (χ2v) is 6.90. The summed E-state index contributed by atoms with van der Waals surface area (Å²) >= 11 is 1.76. The predicted octanol–water partition coefficient (Wildman–Crippen LogP) is 3.08. The number of hydrogen-bond acceptors (Lipinski definition) is 3. The van der Waals surface area contributed by atoms with Crippen molar-refractivity contribution < 1.29 is 9.90 Å². The summed E-state index contributed by atoms with van der Waals surface area (Å²) in [7, 11) is 0. The molecule has 0 aliphatic rings. The highest BCUT2D eigenvalue weighted by atomic mass is 32.2. The molecule has 0 aliphatic carbocycles. The lowest BCUT2D eigenvalue weighted by Crippen LogP contribution is -2.44. The molecular formula is C16H25NO2S. The Morgan fingerprint density at radius 3 is 2.35 bits per heavy atom. The fourth-order valence-corrected chi connectivity index (χ4v) is 2.54. The first-order valence-electron chi connectivity index (χ1n) is 6.88. The summed E-state index contributed by atoms with van der Waals surface area (Å²) in [6.07, 6.45) is 2.63. The fraction of sp³-hybridized carbons (Fsp3) is 0.562. The minimum atomic E-state index is -0.0749. The average Bonchev–Trinajstić information content (AvgIpc) is 2.38. The monoisotopic (exact) mass is 295 g/mol. The summed E-state index contributed by atoms with van der Waals surface area (Å²) in [6, 6.07) is 7.66. The van der Waals surface area contributed by atoms with Gasteiger partial charge in [-0.05, 0) is 35.8 Å². The molecule has 0 aliphatic heterocycles. The second-order valence-electron chi connectivity index (χ2n) is 6.03. The van der Waals surface area contributed by atoms with Crippen LogP contribution in [0.3, 0.4) is 0 Å². The molecule has 0 bridgehead atoms. The second kappa shape index (κ2) is 7.70. The predicted molar refractivity (Wildman–Crippen MR) is 86.1 cm³/mol. The summed E-state index contributed by atoms with van der Waals surface area (Å²) in [5.74, 6) is 0.880. The van der Waals surface area contributed by atoms with Gasteiger partial charge in [-0.25, -0.2) is 0 Å². The molecule has 0 saturated carbocycles. The Bertz CT molecular complexity index is 423. The van der Waals surface area contributed by atoms with Gasteiger partial charge in [0.25, 0.3) is 5.91 Å². The van der Waals surface area contributed by atoms with E-state index in [0.29, 0.717) is 12.0 Å². The number of rotatable bonds is 6. The zero-order chi connectivity index (χ0) is 15.2. The molecule has 1 unspecified atom stereocenters. The normalized spacial score (nSPS) is 13.1. The average molecular weight is 295 g/mol. The van der Waals surface area contributed by atoms with Gasteiger partial charge in [0.05, 0.1) is 0 Å². The van der Waals surface area contributed by atoms with Crippen LogP contribution >= 0.6 is 11.8 Å². The lowest BCUT2D eigenvalue weighted by Gasteiger charge is -2.31. The van der Waals surface area contributed by atoms with Crippen molar-refractivity contribution in [3.8, 4) is 0 Å². The molecule has 1 rings (SSSR count). The van der Waals surface area contributed by atoms with Crippen LogP contribution in [0.2, 0.25) is 0 Å². The number of amides is 1. The van der Waals surface area contributed by atoms with E-state index in [1.807, 2.05) is 24.3 Å². The van der Waals surface area contributed by atoms with E-state index in [2.05, 4.69) is 32.3 Å². The minimum Gasteiger partial charge on any atom is -0.396 e. The van der Waals surface area contributed by atoms with Crippen molar-refractivity contribution in [1.82, 2.24) is 5.32 Å². The van der Waals surface area contributed by atoms with Gasteiger partial charge in [-0.2, -0.15) is 11.8 Å². The molecule has 4 heteroatoms. The van der Waals surface area contributed by atoms with Gasteiger partial charge in [-0.3, -0.25) is 4.79 Å². The van der Waals surface area contributed by atoms with Crippen molar-refractivity contribution in [2.45, 2.75) is 39.0 Å². The maximum Gasteiger partial charge on any atom is 0.251 e. The van der Waals surface area contributed by atoms with Crippen molar-refractivity contribution in [2.75, 3.05) is 12.9 Å². The molecule has 1 atom stereocenters. The highest BCUT2D eigenvalue weighted by Gasteiger charge is 2.25. The van der Waals surface area contributed by atoms with E-state index in [1.54, 1.807) is 11.8 Å².